The van der Waals surface area contributed by atoms with E-state index in [-0.39, 0.29) is 0 Å². The van der Waals surface area contributed by atoms with Gasteiger partial charge >= 0.3 is 0 Å². The van der Waals surface area contributed by atoms with Gasteiger partial charge in [0, 0.05) is 25.6 Å². The molecule has 0 bridgehead atoms. The predicted octanol–water partition coefficient (Wildman–Crippen LogP) is 2.43. The van der Waals surface area contributed by atoms with Crippen LogP contribution in [0.15, 0.2) is 6.07 Å². The molecule has 0 saturated heterocycles. The third kappa shape index (κ3) is 3.35. The second kappa shape index (κ2) is 6.29. The number of rotatable bonds is 5. The van der Waals surface area contributed by atoms with E-state index in [0.717, 1.165) is 24.6 Å². The lowest BCUT2D eigenvalue weighted by Gasteiger charge is -2.20. The summed E-state index contributed by atoms with van der Waals surface area (Å²) in [6.07, 6.45) is 1.24. The number of nitrogens with zero attached hydrogens (tertiary/aromatic N) is 4. The van der Waals surface area contributed by atoms with Crippen LogP contribution in [0.5, 0.6) is 0 Å². The van der Waals surface area contributed by atoms with Gasteiger partial charge in [0.15, 0.2) is 0 Å². The number of anilines is 1. The molecule has 4 nitrogen and oxygen atoms in total. The Bertz CT molecular complexity index is 386. The van der Waals surface area contributed by atoms with Crippen molar-refractivity contribution >= 4 is 17.4 Å². The van der Waals surface area contributed by atoms with Crippen LogP contribution in [0.1, 0.15) is 26.1 Å². The van der Waals surface area contributed by atoms with E-state index in [4.69, 9.17) is 16.9 Å². The van der Waals surface area contributed by atoms with E-state index in [1.807, 2.05) is 18.7 Å². The highest BCUT2D eigenvalue weighted by atomic mass is 35.5. The van der Waals surface area contributed by atoms with Crippen LogP contribution < -0.4 is 4.90 Å². The van der Waals surface area contributed by atoms with Crippen LogP contribution in [0.4, 0.5) is 5.82 Å². The summed E-state index contributed by atoms with van der Waals surface area (Å²) in [6.45, 7) is 5.49. The van der Waals surface area contributed by atoms with E-state index in [0.29, 0.717) is 18.1 Å². The lowest BCUT2D eigenvalue weighted by molar-refractivity contribution is 0.795. The Morgan fingerprint density at radius 1 is 1.44 bits per heavy atom. The highest BCUT2D eigenvalue weighted by Crippen LogP contribution is 2.16. The van der Waals surface area contributed by atoms with Crippen LogP contribution >= 0.6 is 11.6 Å². The first-order valence-corrected chi connectivity index (χ1v) is 5.74. The number of halogens is 1. The zero-order valence-electron chi connectivity index (χ0n) is 9.57. The van der Waals surface area contributed by atoms with Crippen LogP contribution in [0.3, 0.4) is 0 Å². The minimum Gasteiger partial charge on any atom is -0.356 e. The molecule has 0 amide bonds. The lowest BCUT2D eigenvalue weighted by Crippen LogP contribution is -2.25. The molecule has 0 aliphatic heterocycles. The monoisotopic (exact) mass is 238 g/mol. The number of aromatic nitrogens is 2. The standard InChI is InChI=1S/C11H15ClN4/c1-3-10-14-9(12)8-11(15-10)16(4-2)7-5-6-13/h8H,3-5,7H2,1-2H3. The highest BCUT2D eigenvalue weighted by molar-refractivity contribution is 6.29. The summed E-state index contributed by atoms with van der Waals surface area (Å²) in [4.78, 5) is 10.5. The summed E-state index contributed by atoms with van der Waals surface area (Å²) in [5.74, 6) is 1.53. The molecule has 16 heavy (non-hydrogen) atoms. The van der Waals surface area contributed by atoms with E-state index < -0.39 is 0 Å². The average Bonchev–Trinajstić information content (AvgIpc) is 2.29. The molecule has 0 radical (unpaired) electrons. The summed E-state index contributed by atoms with van der Waals surface area (Å²) in [5.41, 5.74) is 0. The van der Waals surface area contributed by atoms with Gasteiger partial charge in [-0.15, -0.1) is 0 Å². The van der Waals surface area contributed by atoms with Crippen molar-refractivity contribution in [3.05, 3.63) is 17.0 Å². The maximum atomic E-state index is 8.58. The van der Waals surface area contributed by atoms with Gasteiger partial charge in [0.2, 0.25) is 0 Å². The van der Waals surface area contributed by atoms with E-state index >= 15 is 0 Å². The fraction of sp³-hybridized carbons (Fsp3) is 0.545. The molecular weight excluding hydrogens is 224 g/mol. The molecule has 1 rings (SSSR count). The largest absolute Gasteiger partial charge is 0.356 e. The Balaban J connectivity index is 2.91. The molecule has 0 fully saturated rings. The highest BCUT2D eigenvalue weighted by Gasteiger charge is 2.08. The van der Waals surface area contributed by atoms with Crippen molar-refractivity contribution in [1.82, 2.24) is 9.97 Å². The molecule has 0 aromatic carbocycles. The Morgan fingerprint density at radius 2 is 2.19 bits per heavy atom. The molecule has 0 spiro atoms. The van der Waals surface area contributed by atoms with Crippen molar-refractivity contribution in [2.24, 2.45) is 0 Å². The molecule has 5 heteroatoms. The maximum absolute atomic E-state index is 8.58. The first-order valence-electron chi connectivity index (χ1n) is 5.36. The minimum absolute atomic E-state index is 0.456. The molecule has 1 aromatic heterocycles. The van der Waals surface area contributed by atoms with Gasteiger partial charge in [-0.1, -0.05) is 18.5 Å². The van der Waals surface area contributed by atoms with Crippen molar-refractivity contribution in [2.45, 2.75) is 26.7 Å². The van der Waals surface area contributed by atoms with E-state index in [1.165, 1.54) is 0 Å². The Kier molecular flexibility index (Phi) is 5.00. The summed E-state index contributed by atoms with van der Waals surface area (Å²) >= 11 is 5.92. The quantitative estimate of drug-likeness (QED) is 0.740. The first kappa shape index (κ1) is 12.7. The summed E-state index contributed by atoms with van der Waals surface area (Å²) < 4.78 is 0. The van der Waals surface area contributed by atoms with Crippen LogP contribution in [-0.4, -0.2) is 23.1 Å². The van der Waals surface area contributed by atoms with Gasteiger partial charge < -0.3 is 4.90 Å². The van der Waals surface area contributed by atoms with Crippen molar-refractivity contribution in [3.8, 4) is 6.07 Å². The van der Waals surface area contributed by atoms with E-state index in [2.05, 4.69) is 16.0 Å². The van der Waals surface area contributed by atoms with E-state index in [1.54, 1.807) is 6.07 Å². The van der Waals surface area contributed by atoms with E-state index in [9.17, 15) is 0 Å². The number of aryl methyl sites for hydroxylation is 1. The second-order valence-corrected chi connectivity index (χ2v) is 3.69. The molecule has 1 heterocycles. The van der Waals surface area contributed by atoms with Gasteiger partial charge in [-0.25, -0.2) is 9.97 Å². The Labute approximate surface area is 101 Å². The van der Waals surface area contributed by atoms with Crippen molar-refractivity contribution in [2.75, 3.05) is 18.0 Å². The molecule has 0 aliphatic carbocycles. The molecule has 0 saturated carbocycles. The smallest absolute Gasteiger partial charge is 0.134 e. The average molecular weight is 239 g/mol. The molecule has 0 N–H and O–H groups in total. The number of hydrogen-bond acceptors (Lipinski definition) is 4. The van der Waals surface area contributed by atoms with Gasteiger partial charge in [0.25, 0.3) is 0 Å². The summed E-state index contributed by atoms with van der Waals surface area (Å²) in [7, 11) is 0. The Hall–Kier alpha value is -1.34. The zero-order valence-corrected chi connectivity index (χ0v) is 10.3. The topological polar surface area (TPSA) is 52.8 Å². The molecule has 0 aliphatic rings. The third-order valence-corrected chi connectivity index (χ3v) is 2.44. The fourth-order valence-electron chi connectivity index (χ4n) is 1.39. The van der Waals surface area contributed by atoms with Crippen molar-refractivity contribution < 1.29 is 0 Å². The minimum atomic E-state index is 0.456. The van der Waals surface area contributed by atoms with Gasteiger partial charge in [-0.2, -0.15) is 5.26 Å². The Morgan fingerprint density at radius 3 is 2.75 bits per heavy atom. The van der Waals surface area contributed by atoms with Gasteiger partial charge in [0.1, 0.15) is 16.8 Å². The molecule has 1 aromatic rings. The van der Waals surface area contributed by atoms with Gasteiger partial charge in [0.05, 0.1) is 12.5 Å². The molecule has 0 unspecified atom stereocenters. The lowest BCUT2D eigenvalue weighted by atomic mass is 10.3. The van der Waals surface area contributed by atoms with Gasteiger partial charge in [-0.05, 0) is 6.92 Å². The summed E-state index contributed by atoms with van der Waals surface area (Å²) in [6, 6.07) is 3.87. The SMILES string of the molecule is CCc1nc(Cl)cc(N(CC)CCC#N)n1. The second-order valence-electron chi connectivity index (χ2n) is 3.31. The van der Waals surface area contributed by atoms with Crippen molar-refractivity contribution in [1.29, 1.82) is 5.26 Å². The van der Waals surface area contributed by atoms with Crippen LogP contribution in [-0.2, 0) is 6.42 Å². The van der Waals surface area contributed by atoms with Crippen LogP contribution in [0.2, 0.25) is 5.15 Å². The van der Waals surface area contributed by atoms with Crippen molar-refractivity contribution in [3.63, 3.8) is 0 Å². The normalized spacial score (nSPS) is 9.88. The first-order chi connectivity index (χ1) is 7.71. The predicted molar refractivity (Wildman–Crippen MR) is 64.5 cm³/mol. The summed E-state index contributed by atoms with van der Waals surface area (Å²) in [5, 5.41) is 9.03. The number of hydrogen-bond donors (Lipinski definition) is 0. The maximum Gasteiger partial charge on any atom is 0.134 e. The van der Waals surface area contributed by atoms with Crippen LogP contribution in [0, 0.1) is 11.3 Å². The zero-order chi connectivity index (χ0) is 12.0. The van der Waals surface area contributed by atoms with Crippen LogP contribution in [0.25, 0.3) is 0 Å². The number of nitriles is 1. The third-order valence-electron chi connectivity index (χ3n) is 2.24. The van der Waals surface area contributed by atoms with Gasteiger partial charge in [-0.3, -0.25) is 0 Å². The molecule has 0 atom stereocenters. The molecular formula is C11H15ClN4. The fourth-order valence-corrected chi connectivity index (χ4v) is 1.59. The molecule has 86 valence electrons.